The number of anilines is 1. The first-order valence-corrected chi connectivity index (χ1v) is 7.10. The van der Waals surface area contributed by atoms with Crippen molar-refractivity contribution < 1.29 is 17.9 Å². The molecule has 1 atom stereocenters. The van der Waals surface area contributed by atoms with Gasteiger partial charge in [0.05, 0.1) is 6.26 Å². The average molecular weight is 255 g/mol. The van der Waals surface area contributed by atoms with Gasteiger partial charge in [0.25, 0.3) is 0 Å². The van der Waals surface area contributed by atoms with E-state index in [0.29, 0.717) is 18.5 Å². The Balaban J connectivity index is 2.10. The van der Waals surface area contributed by atoms with Gasteiger partial charge in [-0.3, -0.25) is 9.52 Å². The average Bonchev–Trinajstić information content (AvgIpc) is 2.63. The van der Waals surface area contributed by atoms with Crippen molar-refractivity contribution in [3.05, 3.63) is 29.8 Å². The topological polar surface area (TPSA) is 72.5 Å². The molecule has 0 aliphatic carbocycles. The van der Waals surface area contributed by atoms with Crippen LogP contribution < -0.4 is 4.72 Å². The van der Waals surface area contributed by atoms with Crippen molar-refractivity contribution >= 4 is 21.7 Å². The highest BCUT2D eigenvalue weighted by molar-refractivity contribution is 7.92. The fourth-order valence-electron chi connectivity index (χ4n) is 1.74. The van der Waals surface area contributed by atoms with Gasteiger partial charge in [-0.05, 0) is 24.1 Å². The quantitative estimate of drug-likeness (QED) is 0.829. The number of hydrogen-bond donors (Lipinski definition) is 1. The zero-order valence-corrected chi connectivity index (χ0v) is 10.2. The van der Waals surface area contributed by atoms with Gasteiger partial charge in [-0.25, -0.2) is 8.42 Å². The fraction of sp³-hybridized carbons (Fsp3) is 0.364. The summed E-state index contributed by atoms with van der Waals surface area (Å²) in [4.78, 5) is 11.0. The van der Waals surface area contributed by atoms with Gasteiger partial charge in [-0.1, -0.05) is 12.1 Å². The molecular weight excluding hydrogens is 242 g/mol. The van der Waals surface area contributed by atoms with Gasteiger partial charge in [0, 0.05) is 12.1 Å². The zero-order chi connectivity index (χ0) is 12.5. The van der Waals surface area contributed by atoms with Crippen LogP contribution in [0.2, 0.25) is 0 Å². The maximum Gasteiger partial charge on any atom is 0.306 e. The largest absolute Gasteiger partial charge is 0.457 e. The van der Waals surface area contributed by atoms with Gasteiger partial charge in [0.1, 0.15) is 6.10 Å². The third-order valence-electron chi connectivity index (χ3n) is 2.47. The lowest BCUT2D eigenvalue weighted by molar-refractivity contribution is -0.141. The summed E-state index contributed by atoms with van der Waals surface area (Å²) < 4.78 is 29.5. The molecule has 17 heavy (non-hydrogen) atoms. The van der Waals surface area contributed by atoms with Crippen LogP contribution in [0.3, 0.4) is 0 Å². The van der Waals surface area contributed by atoms with Crippen LogP contribution in [0, 0.1) is 0 Å². The Morgan fingerprint density at radius 3 is 2.41 bits per heavy atom. The monoisotopic (exact) mass is 255 g/mol. The van der Waals surface area contributed by atoms with E-state index < -0.39 is 10.0 Å². The number of benzene rings is 1. The Labute approximate surface area is 99.8 Å². The summed E-state index contributed by atoms with van der Waals surface area (Å²) in [5, 5.41) is 0. The highest BCUT2D eigenvalue weighted by Crippen LogP contribution is 2.29. The van der Waals surface area contributed by atoms with Crippen LogP contribution in [0.15, 0.2) is 24.3 Å². The second kappa shape index (κ2) is 4.37. The number of cyclic esters (lactones) is 1. The van der Waals surface area contributed by atoms with Gasteiger partial charge < -0.3 is 4.74 Å². The normalized spacial score (nSPS) is 20.1. The smallest absolute Gasteiger partial charge is 0.306 e. The molecule has 0 amide bonds. The molecule has 1 fully saturated rings. The molecule has 6 heteroatoms. The van der Waals surface area contributed by atoms with Crippen molar-refractivity contribution in [2.75, 3.05) is 11.0 Å². The van der Waals surface area contributed by atoms with E-state index in [0.717, 1.165) is 11.8 Å². The SMILES string of the molecule is CS(=O)(=O)Nc1ccc(C2CCC(=O)O2)cc1. The van der Waals surface area contributed by atoms with E-state index in [9.17, 15) is 13.2 Å². The zero-order valence-electron chi connectivity index (χ0n) is 9.34. The number of rotatable bonds is 3. The number of esters is 1. The number of nitrogens with one attached hydrogen (secondary N) is 1. The van der Waals surface area contributed by atoms with E-state index in [4.69, 9.17) is 4.74 Å². The molecule has 0 aromatic heterocycles. The van der Waals surface area contributed by atoms with Crippen molar-refractivity contribution in [2.24, 2.45) is 0 Å². The molecule has 0 radical (unpaired) electrons. The van der Waals surface area contributed by atoms with Crippen molar-refractivity contribution in [3.8, 4) is 0 Å². The first-order valence-electron chi connectivity index (χ1n) is 5.21. The van der Waals surface area contributed by atoms with Gasteiger partial charge in [-0.2, -0.15) is 0 Å². The minimum absolute atomic E-state index is 0.187. The van der Waals surface area contributed by atoms with Crippen molar-refractivity contribution in [1.29, 1.82) is 0 Å². The Morgan fingerprint density at radius 2 is 1.94 bits per heavy atom. The molecule has 1 aliphatic rings. The lowest BCUT2D eigenvalue weighted by Crippen LogP contribution is -2.09. The summed E-state index contributed by atoms with van der Waals surface area (Å²) in [7, 11) is -3.25. The molecule has 1 heterocycles. The van der Waals surface area contributed by atoms with Crippen LogP contribution >= 0.6 is 0 Å². The second-order valence-electron chi connectivity index (χ2n) is 4.01. The van der Waals surface area contributed by atoms with Crippen LogP contribution in [-0.4, -0.2) is 20.6 Å². The van der Waals surface area contributed by atoms with Crippen LogP contribution in [0.25, 0.3) is 0 Å². The number of ether oxygens (including phenoxy) is 1. The van der Waals surface area contributed by atoms with Gasteiger partial charge in [-0.15, -0.1) is 0 Å². The molecule has 1 aromatic rings. The molecule has 1 aromatic carbocycles. The van der Waals surface area contributed by atoms with E-state index in [1.54, 1.807) is 24.3 Å². The summed E-state index contributed by atoms with van der Waals surface area (Å²) in [6.45, 7) is 0. The predicted molar refractivity (Wildman–Crippen MR) is 63.0 cm³/mol. The molecule has 1 unspecified atom stereocenters. The molecule has 0 saturated carbocycles. The Morgan fingerprint density at radius 1 is 1.29 bits per heavy atom. The first kappa shape index (κ1) is 11.9. The van der Waals surface area contributed by atoms with E-state index >= 15 is 0 Å². The summed E-state index contributed by atoms with van der Waals surface area (Å²) in [5.74, 6) is -0.187. The van der Waals surface area contributed by atoms with Gasteiger partial charge in [0.2, 0.25) is 10.0 Å². The molecule has 1 N–H and O–H groups in total. The van der Waals surface area contributed by atoms with E-state index in [1.807, 2.05) is 0 Å². The van der Waals surface area contributed by atoms with Crippen LogP contribution in [0.4, 0.5) is 5.69 Å². The molecule has 1 aliphatic heterocycles. The standard InChI is InChI=1S/C11H13NO4S/c1-17(14,15)12-9-4-2-8(3-5-9)10-6-7-11(13)16-10/h2-5,10,12H,6-7H2,1H3. The van der Waals surface area contributed by atoms with Crippen LogP contribution in [0.5, 0.6) is 0 Å². The van der Waals surface area contributed by atoms with E-state index in [1.165, 1.54) is 0 Å². The number of hydrogen-bond acceptors (Lipinski definition) is 4. The highest BCUT2D eigenvalue weighted by Gasteiger charge is 2.24. The molecule has 0 spiro atoms. The summed E-state index contributed by atoms with van der Waals surface area (Å²) >= 11 is 0. The summed E-state index contributed by atoms with van der Waals surface area (Å²) in [6, 6.07) is 6.83. The maximum absolute atomic E-state index is 11.0. The summed E-state index contributed by atoms with van der Waals surface area (Å²) in [6.07, 6.45) is 2.01. The Bertz CT molecular complexity index is 521. The van der Waals surface area contributed by atoms with Crippen molar-refractivity contribution in [1.82, 2.24) is 0 Å². The maximum atomic E-state index is 11.0. The molecule has 5 nitrogen and oxygen atoms in total. The third-order valence-corrected chi connectivity index (χ3v) is 3.08. The molecule has 2 rings (SSSR count). The fourth-order valence-corrected chi connectivity index (χ4v) is 2.30. The minimum atomic E-state index is -3.25. The molecule has 0 bridgehead atoms. The minimum Gasteiger partial charge on any atom is -0.457 e. The molecular formula is C11H13NO4S. The number of carbonyl (C=O) groups is 1. The highest BCUT2D eigenvalue weighted by atomic mass is 32.2. The van der Waals surface area contributed by atoms with Gasteiger partial charge >= 0.3 is 5.97 Å². The van der Waals surface area contributed by atoms with Crippen molar-refractivity contribution in [2.45, 2.75) is 18.9 Å². The predicted octanol–water partition coefficient (Wildman–Crippen LogP) is 1.44. The van der Waals surface area contributed by atoms with Crippen LogP contribution in [0.1, 0.15) is 24.5 Å². The van der Waals surface area contributed by atoms with Crippen LogP contribution in [-0.2, 0) is 19.6 Å². The second-order valence-corrected chi connectivity index (χ2v) is 5.76. The first-order chi connectivity index (χ1) is 7.94. The Hall–Kier alpha value is -1.56. The molecule has 1 saturated heterocycles. The lowest BCUT2D eigenvalue weighted by atomic mass is 10.1. The number of carbonyl (C=O) groups excluding carboxylic acids is 1. The van der Waals surface area contributed by atoms with E-state index in [2.05, 4.69) is 4.72 Å². The van der Waals surface area contributed by atoms with Crippen molar-refractivity contribution in [3.63, 3.8) is 0 Å². The van der Waals surface area contributed by atoms with Gasteiger partial charge in [0.15, 0.2) is 0 Å². The van der Waals surface area contributed by atoms with E-state index in [-0.39, 0.29) is 12.1 Å². The third kappa shape index (κ3) is 3.20. The summed E-state index contributed by atoms with van der Waals surface area (Å²) in [5.41, 5.74) is 1.38. The lowest BCUT2D eigenvalue weighted by Gasteiger charge is -2.10. The molecule has 92 valence electrons. The number of sulfonamides is 1. The Kier molecular flexibility index (Phi) is 3.06.